The molecule has 1 heterocycles. The molecule has 2 rings (SSSR count). The minimum atomic E-state index is -2.90. The van der Waals surface area contributed by atoms with Crippen LogP contribution in [0.4, 0.5) is 5.69 Å². The Morgan fingerprint density at radius 3 is 2.21 bits per heavy atom. The zero-order valence-electron chi connectivity index (χ0n) is 16.4. The fraction of sp³-hybridized carbons (Fsp3) is 0.500. The van der Waals surface area contributed by atoms with Crippen LogP contribution in [0, 0.1) is 10.1 Å². The molecule has 1 aliphatic rings. The van der Waals surface area contributed by atoms with E-state index in [1.54, 1.807) is 25.1 Å². The molecular weight excluding hydrogens is 403 g/mol. The summed E-state index contributed by atoms with van der Waals surface area (Å²) in [5, 5.41) is 11.0. The summed E-state index contributed by atoms with van der Waals surface area (Å²) in [6.07, 6.45) is 1.79. The highest BCUT2D eigenvalue weighted by Crippen LogP contribution is 2.61. The lowest BCUT2D eigenvalue weighted by molar-refractivity contribution is -0.384. The predicted octanol–water partition coefficient (Wildman–Crippen LogP) is 4.13. The molecule has 28 heavy (non-hydrogen) atoms. The van der Waals surface area contributed by atoms with E-state index in [0.717, 1.165) is 0 Å². The maximum Gasteiger partial charge on any atom is 0.335 e. The highest BCUT2D eigenvalue weighted by molar-refractivity contribution is 8.08. The molecule has 0 saturated carbocycles. The van der Waals surface area contributed by atoms with E-state index < -0.39 is 23.6 Å². The van der Waals surface area contributed by atoms with Gasteiger partial charge in [-0.25, -0.2) is 9.46 Å². The van der Waals surface area contributed by atoms with Gasteiger partial charge in [-0.15, -0.1) is 0 Å². The second kappa shape index (κ2) is 9.71. The third-order valence-electron chi connectivity index (χ3n) is 4.20. The van der Waals surface area contributed by atoms with E-state index in [0.29, 0.717) is 24.4 Å². The van der Waals surface area contributed by atoms with Crippen LogP contribution in [0.1, 0.15) is 39.3 Å². The molecule has 0 saturated heterocycles. The Morgan fingerprint density at radius 2 is 1.75 bits per heavy atom. The first-order valence-electron chi connectivity index (χ1n) is 9.10. The minimum Gasteiger partial charge on any atom is -0.463 e. The van der Waals surface area contributed by atoms with E-state index in [2.05, 4.69) is 0 Å². The third-order valence-corrected chi connectivity index (χ3v) is 7.72. The number of hydrogen-bond acceptors (Lipinski definition) is 7. The molecule has 154 valence electrons. The SMILES string of the molecule is CCOC(=O)C1=C[C@@H](C)N(P(=S)(OCC)OCC)[C@H]1c1ccc([N+](=O)[O-])cc1. The summed E-state index contributed by atoms with van der Waals surface area (Å²) in [5.41, 5.74) is 1.08. The lowest BCUT2D eigenvalue weighted by Gasteiger charge is -2.38. The van der Waals surface area contributed by atoms with Gasteiger partial charge < -0.3 is 13.8 Å². The Kier molecular flexibility index (Phi) is 7.86. The average molecular weight is 428 g/mol. The highest BCUT2D eigenvalue weighted by atomic mass is 32.5. The molecule has 0 bridgehead atoms. The van der Waals surface area contributed by atoms with Crippen LogP contribution in [-0.4, -0.2) is 41.4 Å². The summed E-state index contributed by atoms with van der Waals surface area (Å²) in [5.74, 6) is -0.449. The number of carbonyl (C=O) groups is 1. The van der Waals surface area contributed by atoms with Gasteiger partial charge in [0.1, 0.15) is 0 Å². The van der Waals surface area contributed by atoms with E-state index in [-0.39, 0.29) is 18.3 Å². The number of nitrogens with zero attached hydrogens (tertiary/aromatic N) is 2. The lowest BCUT2D eigenvalue weighted by atomic mass is 10.0. The molecule has 10 heteroatoms. The first-order valence-corrected chi connectivity index (χ1v) is 11.7. The maximum absolute atomic E-state index is 12.6. The molecule has 0 radical (unpaired) electrons. The minimum absolute atomic E-state index is 0.0305. The Bertz CT molecular complexity index is 788. The van der Waals surface area contributed by atoms with Gasteiger partial charge in [0, 0.05) is 18.2 Å². The molecule has 1 aromatic carbocycles. The number of non-ortho nitro benzene ring substituents is 1. The van der Waals surface area contributed by atoms with Gasteiger partial charge in [0.15, 0.2) is 0 Å². The van der Waals surface area contributed by atoms with Gasteiger partial charge >= 0.3 is 5.97 Å². The van der Waals surface area contributed by atoms with Gasteiger partial charge in [-0.3, -0.25) is 10.1 Å². The van der Waals surface area contributed by atoms with E-state index >= 15 is 0 Å². The quantitative estimate of drug-likeness (QED) is 0.251. The van der Waals surface area contributed by atoms with Crippen LogP contribution >= 0.6 is 6.64 Å². The molecule has 1 aromatic rings. The van der Waals surface area contributed by atoms with Gasteiger partial charge in [-0.1, -0.05) is 18.2 Å². The first-order chi connectivity index (χ1) is 13.3. The van der Waals surface area contributed by atoms with Crippen molar-refractivity contribution in [2.75, 3.05) is 19.8 Å². The first kappa shape index (κ1) is 22.6. The Balaban J connectivity index is 2.55. The molecule has 0 fully saturated rings. The van der Waals surface area contributed by atoms with Crippen LogP contribution in [0.25, 0.3) is 0 Å². The highest BCUT2D eigenvalue weighted by Gasteiger charge is 2.46. The topological polar surface area (TPSA) is 91.1 Å². The number of ether oxygens (including phenoxy) is 1. The molecule has 0 aromatic heterocycles. The Labute approximate surface area is 169 Å². The van der Waals surface area contributed by atoms with Crippen molar-refractivity contribution in [3.63, 3.8) is 0 Å². The molecule has 1 aliphatic heterocycles. The van der Waals surface area contributed by atoms with Gasteiger partial charge in [0.25, 0.3) is 12.3 Å². The van der Waals surface area contributed by atoms with Crippen LogP contribution in [-0.2, 0) is 30.4 Å². The molecule has 2 atom stereocenters. The second-order valence-electron chi connectivity index (χ2n) is 6.02. The smallest absolute Gasteiger partial charge is 0.335 e. The number of esters is 1. The summed E-state index contributed by atoms with van der Waals surface area (Å²) in [6.45, 7) is 5.38. The number of nitro groups is 1. The predicted molar refractivity (Wildman–Crippen MR) is 109 cm³/mol. The monoisotopic (exact) mass is 428 g/mol. The zero-order valence-corrected chi connectivity index (χ0v) is 18.1. The lowest BCUT2D eigenvalue weighted by Crippen LogP contribution is -2.31. The second-order valence-corrected chi connectivity index (χ2v) is 9.32. The van der Waals surface area contributed by atoms with Crippen molar-refractivity contribution >= 4 is 30.1 Å². The summed E-state index contributed by atoms with van der Waals surface area (Å²) in [6, 6.07) is 5.26. The number of rotatable bonds is 9. The third kappa shape index (κ3) is 4.67. The van der Waals surface area contributed by atoms with E-state index in [4.69, 9.17) is 25.6 Å². The van der Waals surface area contributed by atoms with Crippen molar-refractivity contribution in [2.45, 2.75) is 39.8 Å². The molecule has 0 unspecified atom stereocenters. The van der Waals surface area contributed by atoms with Gasteiger partial charge in [-0.2, -0.15) is 0 Å². The Morgan fingerprint density at radius 1 is 1.18 bits per heavy atom. The number of benzene rings is 1. The number of carbonyl (C=O) groups excluding carboxylic acids is 1. The maximum atomic E-state index is 12.6. The van der Waals surface area contributed by atoms with Gasteiger partial charge in [-0.05, 0) is 45.1 Å². The largest absolute Gasteiger partial charge is 0.463 e. The van der Waals surface area contributed by atoms with Crippen molar-refractivity contribution in [1.29, 1.82) is 0 Å². The summed E-state index contributed by atoms with van der Waals surface area (Å²) < 4.78 is 18.8. The van der Waals surface area contributed by atoms with Gasteiger partial charge in [0.2, 0.25) is 0 Å². The van der Waals surface area contributed by atoms with Crippen molar-refractivity contribution in [3.8, 4) is 0 Å². The van der Waals surface area contributed by atoms with Gasteiger partial charge in [0.05, 0.1) is 36.4 Å². The summed E-state index contributed by atoms with van der Waals surface area (Å²) >= 11 is 5.78. The zero-order chi connectivity index (χ0) is 20.9. The molecular formula is C18H25N2O6PS. The summed E-state index contributed by atoms with van der Waals surface area (Å²) in [7, 11) is 0. The fourth-order valence-electron chi connectivity index (χ4n) is 3.17. The van der Waals surface area contributed by atoms with E-state index in [1.807, 2.05) is 25.4 Å². The van der Waals surface area contributed by atoms with Crippen LogP contribution < -0.4 is 0 Å². The average Bonchev–Trinajstić information content (AvgIpc) is 3.00. The van der Waals surface area contributed by atoms with E-state index in [1.165, 1.54) is 12.1 Å². The molecule has 0 spiro atoms. The van der Waals surface area contributed by atoms with Crippen LogP contribution in [0.5, 0.6) is 0 Å². The number of nitro benzene ring substituents is 1. The molecule has 8 nitrogen and oxygen atoms in total. The molecule has 0 N–H and O–H groups in total. The van der Waals surface area contributed by atoms with Crippen molar-refractivity contribution in [1.82, 2.24) is 4.67 Å². The van der Waals surface area contributed by atoms with Crippen molar-refractivity contribution in [3.05, 3.63) is 51.6 Å². The summed E-state index contributed by atoms with van der Waals surface area (Å²) in [4.78, 5) is 23.1. The number of hydrogen-bond donors (Lipinski definition) is 0. The molecule has 0 amide bonds. The van der Waals surface area contributed by atoms with E-state index in [9.17, 15) is 14.9 Å². The standard InChI is InChI=1S/C18H25N2O6PS/c1-5-24-18(21)16-12-13(4)19(27(28,25-6-2)26-7-3)17(16)14-8-10-15(11-9-14)20(22)23/h8-13,17H,5-7H2,1-4H3/t13-,17+/m1/s1. The normalized spacial score (nSPS) is 20.1. The van der Waals surface area contributed by atoms with Crippen LogP contribution in [0.2, 0.25) is 0 Å². The van der Waals surface area contributed by atoms with Crippen LogP contribution in [0.15, 0.2) is 35.9 Å². The fourth-order valence-corrected chi connectivity index (χ4v) is 6.58. The van der Waals surface area contributed by atoms with Crippen molar-refractivity contribution < 1.29 is 23.5 Å². The van der Waals surface area contributed by atoms with Crippen molar-refractivity contribution in [2.24, 2.45) is 0 Å². The van der Waals surface area contributed by atoms with Crippen LogP contribution in [0.3, 0.4) is 0 Å². The molecule has 0 aliphatic carbocycles. The Hall–Kier alpha value is -1.64.